The average Bonchev–Trinajstić information content (AvgIpc) is 2.55. The fraction of sp³-hybridized carbons (Fsp3) is 0.875. The monoisotopic (exact) mass is 374 g/mol. The highest BCUT2D eigenvalue weighted by Crippen LogP contribution is 2.27. The molecule has 1 atom stereocenters. The molecule has 0 aromatic heterocycles. The summed E-state index contributed by atoms with van der Waals surface area (Å²) in [7, 11) is -3.52. The molecule has 25 heavy (non-hydrogen) atoms. The van der Waals surface area contributed by atoms with Crippen LogP contribution in [0.2, 0.25) is 0 Å². The van der Waals surface area contributed by atoms with Crippen LogP contribution in [-0.4, -0.2) is 61.4 Å². The van der Waals surface area contributed by atoms with Gasteiger partial charge in [0, 0.05) is 31.6 Å². The van der Waals surface area contributed by atoms with Crippen LogP contribution in [0, 0.1) is 4.78 Å². The highest BCUT2D eigenvalue weighted by Gasteiger charge is 2.33. The molecule has 0 aromatic rings. The summed E-state index contributed by atoms with van der Waals surface area (Å²) in [4.78, 5) is 27.7. The molecule has 4 N–H and O–H groups in total. The van der Waals surface area contributed by atoms with Crippen molar-refractivity contribution in [3.05, 3.63) is 0 Å². The van der Waals surface area contributed by atoms with Crippen LogP contribution in [0.25, 0.3) is 0 Å². The molecule has 0 radical (unpaired) electrons. The van der Waals surface area contributed by atoms with E-state index in [1.54, 1.807) is 4.90 Å². The lowest BCUT2D eigenvalue weighted by Crippen LogP contribution is -2.54. The summed E-state index contributed by atoms with van der Waals surface area (Å²) >= 11 is 0. The Labute approximate surface area is 149 Å². The van der Waals surface area contributed by atoms with Crippen molar-refractivity contribution in [1.29, 1.82) is 4.78 Å². The molecule has 2 fully saturated rings. The highest BCUT2D eigenvalue weighted by atomic mass is 32.2. The lowest BCUT2D eigenvalue weighted by atomic mass is 9.91. The Morgan fingerprint density at radius 2 is 1.68 bits per heavy atom. The minimum absolute atomic E-state index is 0.0506. The summed E-state index contributed by atoms with van der Waals surface area (Å²) in [6, 6.07) is -0.0350. The number of nitrogens with one attached hydrogen (secondary N) is 1. The molecular weight excluding hydrogens is 344 g/mol. The van der Waals surface area contributed by atoms with Crippen LogP contribution in [0.15, 0.2) is 0 Å². The van der Waals surface area contributed by atoms with Crippen molar-refractivity contribution >= 4 is 21.9 Å². The summed E-state index contributed by atoms with van der Waals surface area (Å²) < 4.78 is 26.8. The van der Waals surface area contributed by atoms with Crippen LogP contribution in [0.3, 0.4) is 0 Å². The van der Waals surface area contributed by atoms with Gasteiger partial charge in [-0.05, 0) is 32.1 Å². The van der Waals surface area contributed by atoms with Crippen molar-refractivity contribution < 1.29 is 18.4 Å². The Kier molecular flexibility index (Phi) is 7.06. The fourth-order valence-corrected chi connectivity index (χ4v) is 4.52. The minimum atomic E-state index is -3.52. The molecule has 2 aliphatic rings. The van der Waals surface area contributed by atoms with Gasteiger partial charge in [0.2, 0.25) is 5.91 Å². The van der Waals surface area contributed by atoms with E-state index in [2.05, 4.69) is 0 Å². The van der Waals surface area contributed by atoms with Gasteiger partial charge in [-0.2, -0.15) is 0 Å². The van der Waals surface area contributed by atoms with Crippen molar-refractivity contribution in [2.45, 2.75) is 69.9 Å². The number of carbonyl (C=O) groups is 2. The maximum atomic E-state index is 12.2. The molecule has 1 heterocycles. The first kappa shape index (κ1) is 20.0. The smallest absolute Gasteiger partial charge is 0.315 e. The molecule has 1 aliphatic carbocycles. The third-order valence-electron chi connectivity index (χ3n) is 5.24. The fourth-order valence-electron chi connectivity index (χ4n) is 3.99. The number of rotatable bonds is 6. The Morgan fingerprint density at radius 1 is 1.12 bits per heavy atom. The SMILES string of the molecule is N=S(=O)(O)CCCC(=O)N1CCC(N(C(N)=O)C2CCCCC2)CC1. The third-order valence-corrected chi connectivity index (χ3v) is 6.09. The van der Waals surface area contributed by atoms with Crippen molar-refractivity contribution in [2.24, 2.45) is 5.73 Å². The van der Waals surface area contributed by atoms with Gasteiger partial charge < -0.3 is 20.1 Å². The largest absolute Gasteiger partial charge is 0.351 e. The van der Waals surface area contributed by atoms with E-state index in [1.807, 2.05) is 4.90 Å². The predicted molar refractivity (Wildman–Crippen MR) is 95.5 cm³/mol. The molecule has 144 valence electrons. The van der Waals surface area contributed by atoms with Crippen LogP contribution in [-0.2, 0) is 14.8 Å². The van der Waals surface area contributed by atoms with Crippen molar-refractivity contribution in [1.82, 2.24) is 9.80 Å². The zero-order valence-corrected chi connectivity index (χ0v) is 15.5. The second-order valence-corrected chi connectivity index (χ2v) is 8.79. The van der Waals surface area contributed by atoms with E-state index in [0.717, 1.165) is 38.5 Å². The van der Waals surface area contributed by atoms with E-state index in [0.29, 0.717) is 13.1 Å². The van der Waals surface area contributed by atoms with E-state index >= 15 is 0 Å². The number of nitrogens with two attached hydrogens (primary N) is 1. The normalized spacial score (nSPS) is 22.4. The number of urea groups is 1. The molecular formula is C16H30N4O4S. The Balaban J connectivity index is 1.82. The summed E-state index contributed by atoms with van der Waals surface area (Å²) in [6.07, 6.45) is 7.38. The number of nitrogens with zero attached hydrogens (tertiary/aromatic N) is 2. The van der Waals surface area contributed by atoms with Crippen LogP contribution in [0.5, 0.6) is 0 Å². The van der Waals surface area contributed by atoms with E-state index in [4.69, 9.17) is 15.1 Å². The van der Waals surface area contributed by atoms with Crippen molar-refractivity contribution in [3.63, 3.8) is 0 Å². The molecule has 0 aromatic carbocycles. The Morgan fingerprint density at radius 3 is 2.20 bits per heavy atom. The van der Waals surface area contributed by atoms with Gasteiger partial charge in [0.05, 0.1) is 5.75 Å². The van der Waals surface area contributed by atoms with Gasteiger partial charge in [0.25, 0.3) is 0 Å². The maximum Gasteiger partial charge on any atom is 0.315 e. The second kappa shape index (κ2) is 8.84. The summed E-state index contributed by atoms with van der Waals surface area (Å²) in [5.74, 6) is -0.225. The van der Waals surface area contributed by atoms with Crippen molar-refractivity contribution in [2.75, 3.05) is 18.8 Å². The van der Waals surface area contributed by atoms with Crippen LogP contribution < -0.4 is 5.73 Å². The molecule has 1 aliphatic heterocycles. The first-order valence-corrected chi connectivity index (χ1v) is 10.8. The summed E-state index contributed by atoms with van der Waals surface area (Å²) in [6.45, 7) is 1.16. The molecule has 1 unspecified atom stereocenters. The topological polar surface area (TPSA) is 128 Å². The second-order valence-electron chi connectivity index (χ2n) is 7.10. The average molecular weight is 375 g/mol. The van der Waals surface area contributed by atoms with E-state index < -0.39 is 10.0 Å². The van der Waals surface area contributed by atoms with Crippen LogP contribution in [0.1, 0.15) is 57.8 Å². The summed E-state index contributed by atoms with van der Waals surface area (Å²) in [5, 5.41) is 0. The molecule has 1 saturated heterocycles. The van der Waals surface area contributed by atoms with Gasteiger partial charge >= 0.3 is 6.03 Å². The standard InChI is InChI=1S/C16H30N4O4S/c17-16(22)20(13-5-2-1-3-6-13)14-8-10-19(11-9-14)15(21)7-4-12-25(18,23)24/h13-14H,1-12H2,(H2,17,22)(H2,18,23,24). The van der Waals surface area contributed by atoms with E-state index in [-0.39, 0.29) is 42.6 Å². The van der Waals surface area contributed by atoms with Gasteiger partial charge in [0.15, 0.2) is 10.0 Å². The molecule has 9 heteroatoms. The first-order valence-electron chi connectivity index (χ1n) is 9.12. The molecule has 8 nitrogen and oxygen atoms in total. The van der Waals surface area contributed by atoms with Crippen molar-refractivity contribution in [3.8, 4) is 0 Å². The van der Waals surface area contributed by atoms with Gasteiger partial charge in [-0.3, -0.25) is 4.79 Å². The van der Waals surface area contributed by atoms with Gasteiger partial charge in [0.1, 0.15) is 0 Å². The molecule has 0 bridgehead atoms. The molecule has 3 amide bonds. The van der Waals surface area contributed by atoms with Gasteiger partial charge in [-0.15, -0.1) is 0 Å². The number of amides is 3. The maximum absolute atomic E-state index is 12.2. The van der Waals surface area contributed by atoms with Gasteiger partial charge in [-0.25, -0.2) is 13.8 Å². The number of hydrogen-bond donors (Lipinski definition) is 3. The number of primary amides is 1. The highest BCUT2D eigenvalue weighted by molar-refractivity contribution is 7.86. The third kappa shape index (κ3) is 6.14. The molecule has 2 rings (SSSR count). The van der Waals surface area contributed by atoms with Crippen LogP contribution >= 0.6 is 0 Å². The number of hydrogen-bond acceptors (Lipinski definition) is 4. The zero-order valence-electron chi connectivity index (χ0n) is 14.7. The van der Waals surface area contributed by atoms with E-state index in [1.165, 1.54) is 6.42 Å². The molecule has 0 spiro atoms. The lowest BCUT2D eigenvalue weighted by molar-refractivity contribution is -0.132. The number of likely N-dealkylation sites (tertiary alicyclic amines) is 1. The minimum Gasteiger partial charge on any atom is -0.351 e. The Hall–Kier alpha value is -1.35. The lowest BCUT2D eigenvalue weighted by Gasteiger charge is -2.42. The zero-order chi connectivity index (χ0) is 18.4. The summed E-state index contributed by atoms with van der Waals surface area (Å²) in [5.41, 5.74) is 5.64. The van der Waals surface area contributed by atoms with E-state index in [9.17, 15) is 13.8 Å². The first-order chi connectivity index (χ1) is 11.8. The predicted octanol–water partition coefficient (Wildman–Crippen LogP) is 1.99. The Bertz CT molecular complexity index is 567. The number of carbonyl (C=O) groups excluding carboxylic acids is 2. The molecule has 1 saturated carbocycles. The van der Waals surface area contributed by atoms with Crippen LogP contribution in [0.4, 0.5) is 4.79 Å². The van der Waals surface area contributed by atoms with Gasteiger partial charge in [-0.1, -0.05) is 19.3 Å². The number of piperidine rings is 1. The quantitative estimate of drug-likeness (QED) is 0.657.